The third kappa shape index (κ3) is 2.83. The molecule has 1 fully saturated rings. The first-order valence-corrected chi connectivity index (χ1v) is 7.44. The summed E-state index contributed by atoms with van der Waals surface area (Å²) < 4.78 is 11.0. The average molecular weight is 277 g/mol. The van der Waals surface area contributed by atoms with E-state index in [0.717, 1.165) is 57.2 Å². The van der Waals surface area contributed by atoms with Gasteiger partial charge in [0.05, 0.1) is 5.69 Å². The standard InChI is InChI=1S/C15H23N3O2/c16-6-1-2-7-17-8-10-18(11-9-17)13-4-3-5-14-15(13)20-12-19-14/h3-5H,1-2,6-12,16H2. The van der Waals surface area contributed by atoms with Crippen molar-refractivity contribution in [1.82, 2.24) is 4.90 Å². The Bertz CT molecular complexity index is 445. The van der Waals surface area contributed by atoms with Gasteiger partial charge in [-0.25, -0.2) is 0 Å². The number of rotatable bonds is 5. The zero-order chi connectivity index (χ0) is 13.8. The monoisotopic (exact) mass is 277 g/mol. The van der Waals surface area contributed by atoms with Crippen molar-refractivity contribution in [1.29, 1.82) is 0 Å². The van der Waals surface area contributed by atoms with Gasteiger partial charge in [0, 0.05) is 26.2 Å². The van der Waals surface area contributed by atoms with Gasteiger partial charge in [-0.2, -0.15) is 0 Å². The van der Waals surface area contributed by atoms with Crippen LogP contribution in [-0.2, 0) is 0 Å². The minimum absolute atomic E-state index is 0.339. The van der Waals surface area contributed by atoms with Crippen LogP contribution in [0.15, 0.2) is 18.2 Å². The highest BCUT2D eigenvalue weighted by atomic mass is 16.7. The van der Waals surface area contributed by atoms with E-state index in [-0.39, 0.29) is 0 Å². The summed E-state index contributed by atoms with van der Waals surface area (Å²) in [6, 6.07) is 6.13. The van der Waals surface area contributed by atoms with Crippen molar-refractivity contribution in [2.24, 2.45) is 5.73 Å². The molecule has 110 valence electrons. The molecule has 0 aliphatic carbocycles. The summed E-state index contributed by atoms with van der Waals surface area (Å²) in [4.78, 5) is 4.92. The Labute approximate surface area is 120 Å². The fourth-order valence-electron chi connectivity index (χ4n) is 2.86. The molecule has 1 aromatic carbocycles. The normalized spacial score (nSPS) is 18.6. The second kappa shape index (κ2) is 6.33. The van der Waals surface area contributed by atoms with E-state index in [2.05, 4.69) is 15.9 Å². The van der Waals surface area contributed by atoms with Crippen LogP contribution >= 0.6 is 0 Å². The van der Waals surface area contributed by atoms with Gasteiger partial charge in [-0.1, -0.05) is 6.07 Å². The zero-order valence-corrected chi connectivity index (χ0v) is 11.9. The number of para-hydroxylation sites is 1. The maximum atomic E-state index is 5.60. The van der Waals surface area contributed by atoms with Crippen LogP contribution in [0.4, 0.5) is 5.69 Å². The molecule has 3 rings (SSSR count). The van der Waals surface area contributed by atoms with Crippen LogP contribution < -0.4 is 20.1 Å². The van der Waals surface area contributed by atoms with E-state index in [1.165, 1.54) is 12.1 Å². The third-order valence-corrected chi connectivity index (χ3v) is 4.02. The highest BCUT2D eigenvalue weighted by Gasteiger charge is 2.24. The molecule has 20 heavy (non-hydrogen) atoms. The quantitative estimate of drug-likeness (QED) is 0.822. The van der Waals surface area contributed by atoms with E-state index in [4.69, 9.17) is 15.2 Å². The molecule has 1 aromatic rings. The van der Waals surface area contributed by atoms with Gasteiger partial charge in [0.25, 0.3) is 0 Å². The number of fused-ring (bicyclic) bond motifs is 1. The van der Waals surface area contributed by atoms with Crippen LogP contribution in [0.1, 0.15) is 12.8 Å². The van der Waals surface area contributed by atoms with E-state index in [0.29, 0.717) is 6.79 Å². The fourth-order valence-corrected chi connectivity index (χ4v) is 2.86. The summed E-state index contributed by atoms with van der Waals surface area (Å²) in [5.41, 5.74) is 6.71. The van der Waals surface area contributed by atoms with Gasteiger partial charge in [-0.05, 0) is 38.1 Å². The topological polar surface area (TPSA) is 51.0 Å². The molecule has 0 radical (unpaired) electrons. The zero-order valence-electron chi connectivity index (χ0n) is 11.9. The summed E-state index contributed by atoms with van der Waals surface area (Å²) in [6.45, 7) is 6.60. The van der Waals surface area contributed by atoms with Gasteiger partial charge in [-0.3, -0.25) is 4.90 Å². The molecule has 2 aliphatic rings. The number of nitrogens with zero attached hydrogens (tertiary/aromatic N) is 2. The number of ether oxygens (including phenoxy) is 2. The number of nitrogens with two attached hydrogens (primary N) is 1. The predicted molar refractivity (Wildman–Crippen MR) is 79.5 cm³/mol. The lowest BCUT2D eigenvalue weighted by Crippen LogP contribution is -2.46. The lowest BCUT2D eigenvalue weighted by molar-refractivity contribution is 0.174. The van der Waals surface area contributed by atoms with E-state index in [9.17, 15) is 0 Å². The summed E-state index contributed by atoms with van der Waals surface area (Å²) >= 11 is 0. The van der Waals surface area contributed by atoms with Crippen molar-refractivity contribution in [3.8, 4) is 11.5 Å². The molecule has 0 atom stereocenters. The van der Waals surface area contributed by atoms with Crippen LogP contribution in [-0.4, -0.2) is 51.0 Å². The van der Waals surface area contributed by atoms with Crippen LogP contribution in [0.2, 0.25) is 0 Å². The minimum Gasteiger partial charge on any atom is -0.454 e. The van der Waals surface area contributed by atoms with Crippen molar-refractivity contribution in [2.45, 2.75) is 12.8 Å². The van der Waals surface area contributed by atoms with E-state index >= 15 is 0 Å². The number of piperazine rings is 1. The van der Waals surface area contributed by atoms with Crippen molar-refractivity contribution in [3.05, 3.63) is 18.2 Å². The second-order valence-electron chi connectivity index (χ2n) is 5.34. The molecule has 2 aliphatic heterocycles. The molecule has 0 amide bonds. The molecule has 5 nitrogen and oxygen atoms in total. The SMILES string of the molecule is NCCCCN1CCN(c2cccc3c2OCO3)CC1. The number of benzene rings is 1. The molecular formula is C15H23N3O2. The Kier molecular flexibility index (Phi) is 4.28. The maximum absolute atomic E-state index is 5.60. The fraction of sp³-hybridized carbons (Fsp3) is 0.600. The molecule has 1 saturated heterocycles. The Hall–Kier alpha value is -1.46. The molecule has 2 heterocycles. The Morgan fingerprint density at radius 1 is 1.05 bits per heavy atom. The minimum atomic E-state index is 0.339. The van der Waals surface area contributed by atoms with Gasteiger partial charge in [0.1, 0.15) is 0 Å². The lowest BCUT2D eigenvalue weighted by Gasteiger charge is -2.36. The summed E-state index contributed by atoms with van der Waals surface area (Å²) in [6.07, 6.45) is 2.33. The Morgan fingerprint density at radius 2 is 1.90 bits per heavy atom. The molecule has 0 spiro atoms. The van der Waals surface area contributed by atoms with Gasteiger partial charge < -0.3 is 20.1 Å². The van der Waals surface area contributed by atoms with Crippen LogP contribution in [0, 0.1) is 0 Å². The number of anilines is 1. The molecule has 0 bridgehead atoms. The Balaban J connectivity index is 1.57. The van der Waals surface area contributed by atoms with E-state index in [1.807, 2.05) is 12.1 Å². The Morgan fingerprint density at radius 3 is 2.70 bits per heavy atom. The maximum Gasteiger partial charge on any atom is 0.231 e. The first-order valence-electron chi connectivity index (χ1n) is 7.44. The highest BCUT2D eigenvalue weighted by molar-refractivity contribution is 5.65. The van der Waals surface area contributed by atoms with Gasteiger partial charge in [-0.15, -0.1) is 0 Å². The third-order valence-electron chi connectivity index (χ3n) is 4.02. The van der Waals surface area contributed by atoms with Crippen molar-refractivity contribution < 1.29 is 9.47 Å². The van der Waals surface area contributed by atoms with Gasteiger partial charge in [0.2, 0.25) is 6.79 Å². The molecular weight excluding hydrogens is 254 g/mol. The molecule has 0 aromatic heterocycles. The van der Waals surface area contributed by atoms with Crippen LogP contribution in [0.5, 0.6) is 11.5 Å². The molecule has 2 N–H and O–H groups in total. The largest absolute Gasteiger partial charge is 0.454 e. The molecule has 0 saturated carbocycles. The average Bonchev–Trinajstić information content (AvgIpc) is 2.97. The highest BCUT2D eigenvalue weighted by Crippen LogP contribution is 2.41. The van der Waals surface area contributed by atoms with Crippen molar-refractivity contribution >= 4 is 5.69 Å². The number of hydrogen-bond acceptors (Lipinski definition) is 5. The molecule has 0 unspecified atom stereocenters. The first-order chi connectivity index (χ1) is 9.88. The van der Waals surface area contributed by atoms with Gasteiger partial charge >= 0.3 is 0 Å². The smallest absolute Gasteiger partial charge is 0.231 e. The second-order valence-corrected chi connectivity index (χ2v) is 5.34. The van der Waals surface area contributed by atoms with Crippen molar-refractivity contribution in [3.63, 3.8) is 0 Å². The van der Waals surface area contributed by atoms with Crippen LogP contribution in [0.25, 0.3) is 0 Å². The number of unbranched alkanes of at least 4 members (excludes halogenated alkanes) is 1. The summed E-state index contributed by atoms with van der Waals surface area (Å²) in [7, 11) is 0. The van der Waals surface area contributed by atoms with E-state index < -0.39 is 0 Å². The van der Waals surface area contributed by atoms with E-state index in [1.54, 1.807) is 0 Å². The number of hydrogen-bond donors (Lipinski definition) is 1. The van der Waals surface area contributed by atoms with Gasteiger partial charge in [0.15, 0.2) is 11.5 Å². The first kappa shape index (κ1) is 13.5. The predicted octanol–water partition coefficient (Wildman–Crippen LogP) is 1.28. The summed E-state index contributed by atoms with van der Waals surface area (Å²) in [5, 5.41) is 0. The van der Waals surface area contributed by atoms with Crippen LogP contribution in [0.3, 0.4) is 0 Å². The summed E-state index contributed by atoms with van der Waals surface area (Å²) in [5.74, 6) is 1.77. The molecule has 5 heteroatoms. The van der Waals surface area contributed by atoms with Crippen molar-refractivity contribution in [2.75, 3.05) is 51.0 Å². The lowest BCUT2D eigenvalue weighted by atomic mass is 10.2.